The summed E-state index contributed by atoms with van der Waals surface area (Å²) in [5.41, 5.74) is 0.171. The number of hydrogen-bond acceptors (Lipinski definition) is 2. The topological polar surface area (TPSA) is 44.7 Å². The lowest BCUT2D eigenvalue weighted by Gasteiger charge is -2.36. The maximum atomic E-state index is 11.4. The Hall–Kier alpha value is -1.32. The number of carbonyl (C=O) groups excluding carboxylic acids is 1. The van der Waals surface area contributed by atoms with Crippen LogP contribution in [0.3, 0.4) is 0 Å². The third-order valence-corrected chi connectivity index (χ3v) is 4.02. The predicted molar refractivity (Wildman–Crippen MR) is 91.7 cm³/mol. The van der Waals surface area contributed by atoms with Crippen LogP contribution >= 0.6 is 0 Å². The van der Waals surface area contributed by atoms with E-state index in [2.05, 4.69) is 44.6 Å². The number of hydrogen-bond donors (Lipinski definition) is 1. The molecule has 4 heteroatoms. The first kappa shape index (κ1) is 19.7. The molecule has 21 heavy (non-hydrogen) atoms. The van der Waals surface area contributed by atoms with Crippen LogP contribution in [0.25, 0.3) is 0 Å². The summed E-state index contributed by atoms with van der Waals surface area (Å²) in [6, 6.07) is 0. The fraction of sp³-hybridized carbons (Fsp3) is 0.765. The van der Waals surface area contributed by atoms with E-state index in [1.165, 1.54) is 6.08 Å². The van der Waals surface area contributed by atoms with Crippen LogP contribution in [0.4, 0.5) is 0 Å². The van der Waals surface area contributed by atoms with E-state index in [0.717, 1.165) is 25.2 Å². The van der Waals surface area contributed by atoms with Crippen molar-refractivity contribution >= 4 is 11.7 Å². The van der Waals surface area contributed by atoms with E-state index in [9.17, 15) is 4.79 Å². The molecule has 1 N–H and O–H groups in total. The highest BCUT2D eigenvalue weighted by atomic mass is 16.1. The third-order valence-electron chi connectivity index (χ3n) is 4.02. The molecule has 0 fully saturated rings. The summed E-state index contributed by atoms with van der Waals surface area (Å²) in [5.74, 6) is 0.940. The van der Waals surface area contributed by atoms with Gasteiger partial charge in [0.15, 0.2) is 0 Å². The Kier molecular flexibility index (Phi) is 7.69. The molecular weight excluding hydrogens is 262 g/mol. The van der Waals surface area contributed by atoms with Gasteiger partial charge in [-0.3, -0.25) is 9.79 Å². The molecule has 4 nitrogen and oxygen atoms in total. The monoisotopic (exact) mass is 295 g/mol. The quantitative estimate of drug-likeness (QED) is 0.425. The number of nitrogens with one attached hydrogen (secondary N) is 1. The highest BCUT2D eigenvalue weighted by Gasteiger charge is 2.31. The van der Waals surface area contributed by atoms with Crippen LogP contribution < -0.4 is 5.32 Å². The van der Waals surface area contributed by atoms with Crippen molar-refractivity contribution in [2.45, 2.75) is 47.5 Å². The Morgan fingerprint density at radius 2 is 1.90 bits per heavy atom. The average molecular weight is 295 g/mol. The second-order valence-electron chi connectivity index (χ2n) is 7.19. The van der Waals surface area contributed by atoms with Crippen LogP contribution in [0, 0.1) is 10.8 Å². The molecule has 1 atom stereocenters. The van der Waals surface area contributed by atoms with Crippen LogP contribution in [0.2, 0.25) is 0 Å². The van der Waals surface area contributed by atoms with Crippen LogP contribution in [0.15, 0.2) is 17.6 Å². The fourth-order valence-electron chi connectivity index (χ4n) is 2.37. The van der Waals surface area contributed by atoms with Gasteiger partial charge in [-0.05, 0) is 36.7 Å². The predicted octanol–water partition coefficient (Wildman–Crippen LogP) is 3.10. The third kappa shape index (κ3) is 7.88. The van der Waals surface area contributed by atoms with E-state index in [-0.39, 0.29) is 16.7 Å². The molecule has 0 aromatic rings. The number of rotatable bonds is 8. The van der Waals surface area contributed by atoms with E-state index in [1.807, 2.05) is 25.9 Å². The summed E-state index contributed by atoms with van der Waals surface area (Å²) < 4.78 is 0. The number of carbonyl (C=O) groups is 1. The van der Waals surface area contributed by atoms with Gasteiger partial charge in [-0.25, -0.2) is 0 Å². The Labute approximate surface area is 130 Å². The van der Waals surface area contributed by atoms with Gasteiger partial charge in [0.05, 0.1) is 5.84 Å². The molecule has 0 rings (SSSR count). The zero-order valence-electron chi connectivity index (χ0n) is 14.9. The molecule has 1 unspecified atom stereocenters. The van der Waals surface area contributed by atoms with Crippen molar-refractivity contribution in [1.82, 2.24) is 10.2 Å². The first-order chi connectivity index (χ1) is 9.55. The van der Waals surface area contributed by atoms with Crippen molar-refractivity contribution in [2.75, 3.05) is 27.2 Å². The van der Waals surface area contributed by atoms with Gasteiger partial charge in [0, 0.05) is 27.2 Å². The summed E-state index contributed by atoms with van der Waals surface area (Å²) in [4.78, 5) is 18.1. The largest absolute Gasteiger partial charge is 0.367 e. The maximum Gasteiger partial charge on any atom is 0.243 e. The Bertz CT molecular complexity index is 385. The van der Waals surface area contributed by atoms with Crippen molar-refractivity contribution in [3.8, 4) is 0 Å². The molecular formula is C17H33N3O. The molecule has 0 bridgehead atoms. The summed E-state index contributed by atoms with van der Waals surface area (Å²) in [5, 5.41) is 2.93. The lowest BCUT2D eigenvalue weighted by atomic mass is 9.72. The summed E-state index contributed by atoms with van der Waals surface area (Å²) in [7, 11) is 4.01. The van der Waals surface area contributed by atoms with Crippen molar-refractivity contribution in [3.05, 3.63) is 12.7 Å². The van der Waals surface area contributed by atoms with Gasteiger partial charge in [-0.15, -0.1) is 0 Å². The van der Waals surface area contributed by atoms with Crippen LogP contribution in [-0.2, 0) is 4.79 Å². The lowest BCUT2D eigenvalue weighted by molar-refractivity contribution is -0.117. The van der Waals surface area contributed by atoms with Gasteiger partial charge in [-0.2, -0.15) is 0 Å². The smallest absolute Gasteiger partial charge is 0.243 e. The first-order valence-electron chi connectivity index (χ1n) is 7.64. The Morgan fingerprint density at radius 1 is 1.33 bits per heavy atom. The van der Waals surface area contributed by atoms with Crippen LogP contribution in [0.5, 0.6) is 0 Å². The van der Waals surface area contributed by atoms with Gasteiger partial charge in [-0.1, -0.05) is 34.3 Å². The Morgan fingerprint density at radius 3 is 2.33 bits per heavy atom. The van der Waals surface area contributed by atoms with Gasteiger partial charge in [0.25, 0.3) is 0 Å². The average Bonchev–Trinajstić information content (AvgIpc) is 2.41. The molecule has 1 amide bonds. The highest BCUT2D eigenvalue weighted by molar-refractivity contribution is 5.86. The standard InChI is InChI=1S/C17H33N3O/c1-9-15(21)19-13-17(6,10-2)11-16(4,5)12-18-14(3)20(7)8/h9H,1,10-13H2,2-8H3,(H,19,21)/b18-14+. The minimum Gasteiger partial charge on any atom is -0.367 e. The summed E-state index contributed by atoms with van der Waals surface area (Å²) in [6.45, 7) is 15.9. The molecule has 0 aromatic carbocycles. The van der Waals surface area contributed by atoms with Crippen molar-refractivity contribution in [2.24, 2.45) is 15.8 Å². The number of amidine groups is 1. The lowest BCUT2D eigenvalue weighted by Crippen LogP contribution is -2.38. The first-order valence-corrected chi connectivity index (χ1v) is 7.64. The van der Waals surface area contributed by atoms with Crippen molar-refractivity contribution in [1.29, 1.82) is 0 Å². The molecule has 122 valence electrons. The number of amides is 1. The minimum absolute atomic E-state index is 0.0731. The van der Waals surface area contributed by atoms with Crippen LogP contribution in [0.1, 0.15) is 47.5 Å². The van der Waals surface area contributed by atoms with Gasteiger partial charge >= 0.3 is 0 Å². The molecule has 0 aromatic heterocycles. The van der Waals surface area contributed by atoms with Gasteiger partial charge < -0.3 is 10.2 Å². The van der Waals surface area contributed by atoms with Crippen molar-refractivity contribution in [3.63, 3.8) is 0 Å². The number of aliphatic imine (C=N–C) groups is 1. The fourth-order valence-corrected chi connectivity index (χ4v) is 2.37. The molecule has 0 spiro atoms. The normalized spacial score (nSPS) is 15.3. The molecule has 0 aliphatic rings. The molecule has 0 aliphatic heterocycles. The zero-order chi connectivity index (χ0) is 16.7. The summed E-state index contributed by atoms with van der Waals surface area (Å²) in [6.07, 6.45) is 3.36. The SMILES string of the molecule is C=CC(=O)NCC(C)(CC)CC(C)(C)C/N=C(\C)N(C)C. The molecule has 0 aliphatic carbocycles. The van der Waals surface area contributed by atoms with Gasteiger partial charge in [0.2, 0.25) is 5.91 Å². The van der Waals surface area contributed by atoms with Crippen molar-refractivity contribution < 1.29 is 4.79 Å². The highest BCUT2D eigenvalue weighted by Crippen LogP contribution is 2.36. The molecule has 0 radical (unpaired) electrons. The molecule has 0 heterocycles. The van der Waals surface area contributed by atoms with Gasteiger partial charge in [0.1, 0.15) is 0 Å². The van der Waals surface area contributed by atoms with E-state index < -0.39 is 0 Å². The van der Waals surface area contributed by atoms with Crippen LogP contribution in [-0.4, -0.2) is 43.8 Å². The van der Waals surface area contributed by atoms with E-state index in [4.69, 9.17) is 0 Å². The van der Waals surface area contributed by atoms with E-state index in [1.54, 1.807) is 0 Å². The van der Waals surface area contributed by atoms with E-state index in [0.29, 0.717) is 6.54 Å². The Balaban J connectivity index is 4.73. The molecule has 0 saturated carbocycles. The molecule has 0 saturated heterocycles. The summed E-state index contributed by atoms with van der Waals surface area (Å²) >= 11 is 0. The second-order valence-corrected chi connectivity index (χ2v) is 7.19. The number of nitrogens with zero attached hydrogens (tertiary/aromatic N) is 2. The zero-order valence-corrected chi connectivity index (χ0v) is 14.9. The van der Waals surface area contributed by atoms with E-state index >= 15 is 0 Å². The minimum atomic E-state index is -0.103. The second kappa shape index (κ2) is 8.20. The maximum absolute atomic E-state index is 11.4.